The highest BCUT2D eigenvalue weighted by Gasteiger charge is 2.26. The van der Waals surface area contributed by atoms with Crippen LogP contribution in [0.15, 0.2) is 36.4 Å². The molecule has 2 fully saturated rings. The lowest BCUT2D eigenvalue weighted by Crippen LogP contribution is -2.51. The topological polar surface area (TPSA) is 65.1 Å². The molecule has 0 bridgehead atoms. The average Bonchev–Trinajstić information content (AvgIpc) is 3.58. The summed E-state index contributed by atoms with van der Waals surface area (Å²) in [6.07, 6.45) is 2.23. The summed E-state index contributed by atoms with van der Waals surface area (Å²) in [5, 5.41) is 5.30. The predicted octanol–water partition coefficient (Wildman–Crippen LogP) is 1.70. The number of piperazine rings is 1. The molecule has 0 atom stereocenters. The van der Waals surface area contributed by atoms with Gasteiger partial charge in [-0.2, -0.15) is 0 Å². The van der Waals surface area contributed by atoms with Crippen LogP contribution in [0.3, 0.4) is 0 Å². The molecule has 2 aliphatic rings. The number of amides is 2. The van der Waals surface area contributed by atoms with Gasteiger partial charge in [0.25, 0.3) is 0 Å². The second kappa shape index (κ2) is 9.66. The minimum atomic E-state index is 0.120. The zero-order valence-electron chi connectivity index (χ0n) is 18.5. The van der Waals surface area contributed by atoms with E-state index in [-0.39, 0.29) is 11.8 Å². The Hall–Kier alpha value is -2.64. The monoisotopic (exact) mass is 424 g/mol. The van der Waals surface area contributed by atoms with Crippen LogP contribution in [-0.2, 0) is 16.1 Å². The van der Waals surface area contributed by atoms with Gasteiger partial charge in [-0.25, -0.2) is 0 Å². The van der Waals surface area contributed by atoms with Gasteiger partial charge in [-0.1, -0.05) is 18.2 Å². The van der Waals surface area contributed by atoms with Crippen LogP contribution in [0.4, 0.5) is 0 Å². The first-order valence-electron chi connectivity index (χ1n) is 11.0. The molecule has 2 aromatic rings. The molecule has 31 heavy (non-hydrogen) atoms. The Labute approximate surface area is 183 Å². The summed E-state index contributed by atoms with van der Waals surface area (Å²) in [4.78, 5) is 30.9. The van der Waals surface area contributed by atoms with E-state index in [9.17, 15) is 9.59 Å². The Kier molecular flexibility index (Phi) is 6.73. The number of likely N-dealkylation sites (N-methyl/N-ethyl adjacent to an activating group) is 1. The third-order valence-electron chi connectivity index (χ3n) is 6.09. The lowest BCUT2D eigenvalue weighted by atomic mass is 10.1. The van der Waals surface area contributed by atoms with Crippen LogP contribution >= 0.6 is 0 Å². The predicted molar refractivity (Wildman–Crippen MR) is 121 cm³/mol. The van der Waals surface area contributed by atoms with E-state index in [0.29, 0.717) is 25.7 Å². The summed E-state index contributed by atoms with van der Waals surface area (Å²) in [7, 11) is 3.53. The van der Waals surface area contributed by atoms with Crippen molar-refractivity contribution in [3.05, 3.63) is 42.0 Å². The van der Waals surface area contributed by atoms with E-state index >= 15 is 0 Å². The number of nitrogens with one attached hydrogen (secondary N) is 1. The molecule has 4 rings (SSSR count). The molecular formula is C24H32N4O3. The van der Waals surface area contributed by atoms with Crippen molar-refractivity contribution >= 4 is 22.6 Å². The minimum absolute atomic E-state index is 0.120. The maximum Gasteiger partial charge on any atom is 0.236 e. The first-order valence-corrected chi connectivity index (χ1v) is 11.0. The van der Waals surface area contributed by atoms with Crippen molar-refractivity contribution in [3.8, 4) is 5.75 Å². The molecule has 2 aromatic carbocycles. The summed E-state index contributed by atoms with van der Waals surface area (Å²) < 4.78 is 5.28. The number of nitrogens with zero attached hydrogens (tertiary/aromatic N) is 3. The highest BCUT2D eigenvalue weighted by atomic mass is 16.5. The lowest BCUT2D eigenvalue weighted by Gasteiger charge is -2.34. The number of benzene rings is 2. The number of rotatable bonds is 8. The van der Waals surface area contributed by atoms with Crippen LogP contribution in [0, 0.1) is 0 Å². The third-order valence-corrected chi connectivity index (χ3v) is 6.09. The van der Waals surface area contributed by atoms with Crippen LogP contribution in [0.5, 0.6) is 5.75 Å². The normalized spacial score (nSPS) is 17.5. The van der Waals surface area contributed by atoms with Crippen LogP contribution in [0.2, 0.25) is 0 Å². The fourth-order valence-corrected chi connectivity index (χ4v) is 3.98. The number of carbonyl (C=O) groups excluding carboxylic acids is 2. The van der Waals surface area contributed by atoms with E-state index in [1.807, 2.05) is 25.2 Å². The first kappa shape index (κ1) is 21.6. The number of methoxy groups -OCH3 is 1. The SMILES string of the molecule is COc1ccc2cc(CN(C)C(=O)CN3CCN(CC(=O)NC4CC4)CC3)ccc2c1. The van der Waals surface area contributed by atoms with Crippen molar-refractivity contribution in [2.24, 2.45) is 0 Å². The zero-order chi connectivity index (χ0) is 21.8. The molecule has 0 radical (unpaired) electrons. The quantitative estimate of drug-likeness (QED) is 0.699. The standard InChI is InChI=1S/C24H32N4O3/c1-26(15-18-3-4-20-14-22(31-2)8-5-19(20)13-18)24(30)17-28-11-9-27(10-12-28)16-23(29)25-21-6-7-21/h3-5,8,13-14,21H,6-7,9-12,15-17H2,1-2H3,(H,25,29). The van der Waals surface area contributed by atoms with Gasteiger partial charge in [0, 0.05) is 45.8 Å². The first-order chi connectivity index (χ1) is 15.0. The maximum absolute atomic E-state index is 12.7. The zero-order valence-corrected chi connectivity index (χ0v) is 18.5. The highest BCUT2D eigenvalue weighted by Crippen LogP contribution is 2.22. The van der Waals surface area contributed by atoms with Gasteiger partial charge in [0.05, 0.1) is 20.2 Å². The van der Waals surface area contributed by atoms with E-state index < -0.39 is 0 Å². The molecule has 1 saturated heterocycles. The van der Waals surface area contributed by atoms with Crippen molar-refractivity contribution in [3.63, 3.8) is 0 Å². The van der Waals surface area contributed by atoms with Gasteiger partial charge in [-0.15, -0.1) is 0 Å². The number of hydrogen-bond acceptors (Lipinski definition) is 5. The van der Waals surface area contributed by atoms with E-state index in [1.165, 1.54) is 0 Å². The fourth-order valence-electron chi connectivity index (χ4n) is 3.98. The molecule has 1 heterocycles. The Morgan fingerprint density at radius 2 is 1.65 bits per heavy atom. The van der Waals surface area contributed by atoms with E-state index in [2.05, 4.69) is 33.3 Å². The molecule has 7 heteroatoms. The van der Waals surface area contributed by atoms with Crippen molar-refractivity contribution in [1.29, 1.82) is 0 Å². The summed E-state index contributed by atoms with van der Waals surface area (Å²) in [6.45, 7) is 4.74. The second-order valence-electron chi connectivity index (χ2n) is 8.69. The highest BCUT2D eigenvalue weighted by molar-refractivity contribution is 5.85. The van der Waals surface area contributed by atoms with Gasteiger partial charge in [-0.05, 0) is 47.4 Å². The Bertz CT molecular complexity index is 936. The molecule has 2 amide bonds. The lowest BCUT2D eigenvalue weighted by molar-refractivity contribution is -0.132. The number of carbonyl (C=O) groups is 2. The van der Waals surface area contributed by atoms with Gasteiger partial charge in [-0.3, -0.25) is 19.4 Å². The summed E-state index contributed by atoms with van der Waals surface area (Å²) >= 11 is 0. The molecule has 0 spiro atoms. The maximum atomic E-state index is 12.7. The van der Waals surface area contributed by atoms with Gasteiger partial charge < -0.3 is 15.0 Å². The average molecular weight is 425 g/mol. The second-order valence-corrected chi connectivity index (χ2v) is 8.69. The summed E-state index contributed by atoms with van der Waals surface area (Å²) in [6, 6.07) is 12.7. The molecule has 0 aromatic heterocycles. The van der Waals surface area contributed by atoms with Crippen LogP contribution in [0.1, 0.15) is 18.4 Å². The summed E-state index contributed by atoms with van der Waals surface area (Å²) in [5.74, 6) is 1.09. The molecular weight excluding hydrogens is 392 g/mol. The van der Waals surface area contributed by atoms with E-state index in [1.54, 1.807) is 12.0 Å². The van der Waals surface area contributed by atoms with Gasteiger partial charge in [0.15, 0.2) is 0 Å². The van der Waals surface area contributed by atoms with Crippen molar-refractivity contribution in [1.82, 2.24) is 20.0 Å². The molecule has 1 aliphatic heterocycles. The Morgan fingerprint density at radius 1 is 1.00 bits per heavy atom. The van der Waals surface area contributed by atoms with Crippen LogP contribution in [0.25, 0.3) is 10.8 Å². The summed E-state index contributed by atoms with van der Waals surface area (Å²) in [5.41, 5.74) is 1.11. The molecule has 0 unspecified atom stereocenters. The number of ether oxygens (including phenoxy) is 1. The van der Waals surface area contributed by atoms with Crippen molar-refractivity contribution < 1.29 is 14.3 Å². The fraction of sp³-hybridized carbons (Fsp3) is 0.500. The van der Waals surface area contributed by atoms with Gasteiger partial charge in [0.1, 0.15) is 5.75 Å². The minimum Gasteiger partial charge on any atom is -0.497 e. The van der Waals surface area contributed by atoms with E-state index in [0.717, 1.165) is 61.1 Å². The van der Waals surface area contributed by atoms with Crippen LogP contribution < -0.4 is 10.1 Å². The molecule has 1 aliphatic carbocycles. The number of hydrogen-bond donors (Lipinski definition) is 1. The van der Waals surface area contributed by atoms with Crippen molar-refractivity contribution in [2.45, 2.75) is 25.4 Å². The Balaban J connectivity index is 1.23. The third kappa shape index (κ3) is 5.95. The smallest absolute Gasteiger partial charge is 0.236 e. The van der Waals surface area contributed by atoms with Crippen LogP contribution in [-0.4, -0.2) is 86.0 Å². The number of fused-ring (bicyclic) bond motifs is 1. The van der Waals surface area contributed by atoms with E-state index in [4.69, 9.17) is 4.74 Å². The van der Waals surface area contributed by atoms with Gasteiger partial charge >= 0.3 is 0 Å². The molecule has 1 saturated carbocycles. The molecule has 166 valence electrons. The Morgan fingerprint density at radius 3 is 2.32 bits per heavy atom. The largest absolute Gasteiger partial charge is 0.497 e. The molecule has 1 N–H and O–H groups in total. The van der Waals surface area contributed by atoms with Crippen molar-refractivity contribution in [2.75, 3.05) is 53.4 Å². The molecule has 7 nitrogen and oxygen atoms in total. The van der Waals surface area contributed by atoms with Gasteiger partial charge in [0.2, 0.25) is 11.8 Å².